The zero-order chi connectivity index (χ0) is 8.43. The summed E-state index contributed by atoms with van der Waals surface area (Å²) in [6, 6.07) is 0. The predicted molar refractivity (Wildman–Crippen MR) is 44.8 cm³/mol. The SMILES string of the molecule is CNc1c(N)nc(N)nc1N. The van der Waals surface area contributed by atoms with Crippen molar-refractivity contribution >= 4 is 23.3 Å². The van der Waals surface area contributed by atoms with Gasteiger partial charge in [0.25, 0.3) is 0 Å². The van der Waals surface area contributed by atoms with Gasteiger partial charge < -0.3 is 22.5 Å². The van der Waals surface area contributed by atoms with Gasteiger partial charge in [0.15, 0.2) is 11.6 Å². The molecular weight excluding hydrogens is 144 g/mol. The Morgan fingerprint density at radius 1 is 1.09 bits per heavy atom. The molecule has 0 saturated carbocycles. The van der Waals surface area contributed by atoms with Gasteiger partial charge in [-0.3, -0.25) is 0 Å². The van der Waals surface area contributed by atoms with Crippen molar-refractivity contribution in [3.63, 3.8) is 0 Å². The summed E-state index contributed by atoms with van der Waals surface area (Å²) in [4.78, 5) is 7.41. The van der Waals surface area contributed by atoms with E-state index >= 15 is 0 Å². The van der Waals surface area contributed by atoms with Crippen molar-refractivity contribution in [3.05, 3.63) is 0 Å². The van der Waals surface area contributed by atoms with E-state index in [9.17, 15) is 0 Å². The third-order valence-electron chi connectivity index (χ3n) is 1.23. The summed E-state index contributed by atoms with van der Waals surface area (Å²) in [5.74, 6) is 0.606. The van der Waals surface area contributed by atoms with Crippen molar-refractivity contribution in [1.29, 1.82) is 0 Å². The largest absolute Gasteiger partial charge is 0.382 e. The van der Waals surface area contributed by atoms with Gasteiger partial charge in [-0.25, -0.2) is 0 Å². The maximum absolute atomic E-state index is 5.46. The van der Waals surface area contributed by atoms with E-state index in [4.69, 9.17) is 17.2 Å². The number of hydrogen-bond acceptors (Lipinski definition) is 6. The van der Waals surface area contributed by atoms with Crippen LogP contribution >= 0.6 is 0 Å². The molecule has 0 bridgehead atoms. The number of aromatic nitrogens is 2. The Labute approximate surface area is 63.8 Å². The lowest BCUT2D eigenvalue weighted by Gasteiger charge is -2.06. The van der Waals surface area contributed by atoms with Crippen LogP contribution in [0.15, 0.2) is 0 Å². The fraction of sp³-hybridized carbons (Fsp3) is 0.200. The fourth-order valence-corrected chi connectivity index (χ4v) is 0.771. The van der Waals surface area contributed by atoms with Crippen LogP contribution in [0.25, 0.3) is 0 Å². The first-order valence-corrected chi connectivity index (χ1v) is 3.01. The van der Waals surface area contributed by atoms with Crippen LogP contribution in [-0.4, -0.2) is 17.0 Å². The van der Waals surface area contributed by atoms with E-state index in [0.717, 1.165) is 0 Å². The number of nitrogens with one attached hydrogen (secondary N) is 1. The lowest BCUT2D eigenvalue weighted by Crippen LogP contribution is -2.07. The van der Waals surface area contributed by atoms with Crippen molar-refractivity contribution < 1.29 is 0 Å². The van der Waals surface area contributed by atoms with Gasteiger partial charge >= 0.3 is 0 Å². The molecule has 1 aromatic heterocycles. The fourth-order valence-electron chi connectivity index (χ4n) is 0.771. The summed E-state index contributed by atoms with van der Waals surface area (Å²) in [6.45, 7) is 0. The minimum Gasteiger partial charge on any atom is -0.382 e. The number of nitrogen functional groups attached to an aromatic ring is 3. The van der Waals surface area contributed by atoms with Gasteiger partial charge in [0.1, 0.15) is 5.69 Å². The summed E-state index contributed by atoms with van der Waals surface area (Å²) in [5.41, 5.74) is 16.7. The lowest BCUT2D eigenvalue weighted by molar-refractivity contribution is 1.20. The molecular formula is C5H10N6. The minimum absolute atomic E-state index is 0.0824. The monoisotopic (exact) mass is 154 g/mol. The van der Waals surface area contributed by atoms with Crippen molar-refractivity contribution in [2.24, 2.45) is 0 Å². The summed E-state index contributed by atoms with van der Waals surface area (Å²) in [7, 11) is 1.68. The maximum atomic E-state index is 5.46. The van der Waals surface area contributed by atoms with E-state index < -0.39 is 0 Å². The Morgan fingerprint density at radius 2 is 1.55 bits per heavy atom. The molecule has 6 nitrogen and oxygen atoms in total. The Hall–Kier alpha value is -1.72. The molecule has 0 aliphatic rings. The average Bonchev–Trinajstić information content (AvgIpc) is 1.85. The molecule has 0 fully saturated rings. The van der Waals surface area contributed by atoms with Gasteiger partial charge in [-0.05, 0) is 0 Å². The quantitative estimate of drug-likeness (QED) is 0.423. The highest BCUT2D eigenvalue weighted by Gasteiger charge is 2.05. The smallest absolute Gasteiger partial charge is 0.224 e. The minimum atomic E-state index is 0.0824. The standard InChI is InChI=1S/C5H10N6/c1-9-2-3(6)10-5(8)11-4(2)7/h9H,1H3,(H6,6,7,8,10,11). The molecule has 1 rings (SSSR count). The van der Waals surface area contributed by atoms with E-state index in [2.05, 4.69) is 15.3 Å². The predicted octanol–water partition coefficient (Wildman–Crippen LogP) is -0.735. The summed E-state index contributed by atoms with van der Waals surface area (Å²) in [6.07, 6.45) is 0. The van der Waals surface area contributed by atoms with Crippen LogP contribution in [0.1, 0.15) is 0 Å². The number of nitrogens with two attached hydrogens (primary N) is 3. The average molecular weight is 154 g/mol. The number of rotatable bonds is 1. The second-order valence-corrected chi connectivity index (χ2v) is 1.98. The lowest BCUT2D eigenvalue weighted by atomic mass is 10.4. The first-order valence-electron chi connectivity index (χ1n) is 3.01. The van der Waals surface area contributed by atoms with Gasteiger partial charge in [-0.1, -0.05) is 0 Å². The number of hydrogen-bond donors (Lipinski definition) is 4. The van der Waals surface area contributed by atoms with E-state index in [-0.39, 0.29) is 17.6 Å². The third-order valence-corrected chi connectivity index (χ3v) is 1.23. The normalized spacial score (nSPS) is 9.55. The van der Waals surface area contributed by atoms with E-state index in [0.29, 0.717) is 5.69 Å². The van der Waals surface area contributed by atoms with Crippen LogP contribution in [0.4, 0.5) is 23.3 Å². The zero-order valence-corrected chi connectivity index (χ0v) is 6.13. The van der Waals surface area contributed by atoms with Crippen LogP contribution in [0.5, 0.6) is 0 Å². The van der Waals surface area contributed by atoms with Crippen molar-refractivity contribution in [3.8, 4) is 0 Å². The highest BCUT2D eigenvalue weighted by molar-refractivity contribution is 5.74. The molecule has 6 heteroatoms. The molecule has 7 N–H and O–H groups in total. The highest BCUT2D eigenvalue weighted by atomic mass is 15.1. The Morgan fingerprint density at radius 3 is 1.91 bits per heavy atom. The molecule has 0 aliphatic heterocycles. The molecule has 0 aromatic carbocycles. The summed E-state index contributed by atoms with van der Waals surface area (Å²) >= 11 is 0. The Kier molecular flexibility index (Phi) is 1.67. The molecule has 11 heavy (non-hydrogen) atoms. The molecule has 0 amide bonds. The van der Waals surface area contributed by atoms with Gasteiger partial charge in [-0.15, -0.1) is 0 Å². The van der Waals surface area contributed by atoms with Crippen LogP contribution < -0.4 is 22.5 Å². The first kappa shape index (κ1) is 7.39. The van der Waals surface area contributed by atoms with Crippen LogP contribution in [0.2, 0.25) is 0 Å². The zero-order valence-electron chi connectivity index (χ0n) is 6.13. The topological polar surface area (TPSA) is 116 Å². The molecule has 60 valence electrons. The highest BCUT2D eigenvalue weighted by Crippen LogP contribution is 2.21. The van der Waals surface area contributed by atoms with E-state index in [1.54, 1.807) is 7.05 Å². The Balaban J connectivity index is 3.25. The molecule has 1 aromatic rings. The summed E-state index contributed by atoms with van der Waals surface area (Å²) < 4.78 is 0. The molecule has 0 radical (unpaired) electrons. The van der Waals surface area contributed by atoms with Crippen molar-refractivity contribution in [2.45, 2.75) is 0 Å². The number of anilines is 4. The van der Waals surface area contributed by atoms with Crippen LogP contribution in [0, 0.1) is 0 Å². The van der Waals surface area contributed by atoms with Crippen molar-refractivity contribution in [2.75, 3.05) is 29.6 Å². The third kappa shape index (κ3) is 1.23. The van der Waals surface area contributed by atoms with Crippen molar-refractivity contribution in [1.82, 2.24) is 9.97 Å². The molecule has 0 aliphatic carbocycles. The molecule has 0 atom stereocenters. The second kappa shape index (κ2) is 2.49. The number of nitrogens with zero attached hydrogens (tertiary/aromatic N) is 2. The van der Waals surface area contributed by atoms with E-state index in [1.807, 2.05) is 0 Å². The van der Waals surface area contributed by atoms with Gasteiger partial charge in [0.05, 0.1) is 0 Å². The molecule has 0 unspecified atom stereocenters. The first-order chi connectivity index (χ1) is 5.15. The summed E-state index contributed by atoms with van der Waals surface area (Å²) in [5, 5.41) is 2.76. The second-order valence-electron chi connectivity index (χ2n) is 1.98. The van der Waals surface area contributed by atoms with Gasteiger partial charge in [0.2, 0.25) is 5.95 Å². The van der Waals surface area contributed by atoms with Crippen LogP contribution in [0.3, 0.4) is 0 Å². The van der Waals surface area contributed by atoms with E-state index in [1.165, 1.54) is 0 Å². The molecule has 0 saturated heterocycles. The van der Waals surface area contributed by atoms with Gasteiger partial charge in [0, 0.05) is 7.05 Å². The molecule has 0 spiro atoms. The van der Waals surface area contributed by atoms with Gasteiger partial charge in [-0.2, -0.15) is 9.97 Å². The molecule has 1 heterocycles. The maximum Gasteiger partial charge on any atom is 0.224 e. The van der Waals surface area contributed by atoms with Crippen LogP contribution in [-0.2, 0) is 0 Å². The Bertz CT molecular complexity index is 247.